The van der Waals surface area contributed by atoms with E-state index in [0.29, 0.717) is 22.2 Å². The highest BCUT2D eigenvalue weighted by molar-refractivity contribution is 9.10. The zero-order chi connectivity index (χ0) is 32.6. The van der Waals surface area contributed by atoms with E-state index in [4.69, 9.17) is 16.7 Å². The van der Waals surface area contributed by atoms with Gasteiger partial charge in [0.15, 0.2) is 5.78 Å². The van der Waals surface area contributed by atoms with Crippen LogP contribution in [0.15, 0.2) is 114 Å². The van der Waals surface area contributed by atoms with Crippen LogP contribution in [0.5, 0.6) is 0 Å². The summed E-state index contributed by atoms with van der Waals surface area (Å²) in [4.78, 5) is 32.8. The molecule has 0 bridgehead atoms. The lowest BCUT2D eigenvalue weighted by molar-refractivity contribution is -0.129. The van der Waals surface area contributed by atoms with Crippen molar-refractivity contribution in [1.82, 2.24) is 14.7 Å². The van der Waals surface area contributed by atoms with Gasteiger partial charge in [-0.25, -0.2) is 4.68 Å². The molecule has 1 amide bonds. The molecule has 4 aliphatic rings. The first kappa shape index (κ1) is 30.1. The van der Waals surface area contributed by atoms with Crippen LogP contribution in [-0.4, -0.2) is 38.5 Å². The number of amides is 1. The fourth-order valence-electron chi connectivity index (χ4n) is 9.54. The van der Waals surface area contributed by atoms with Crippen LogP contribution >= 0.6 is 27.5 Å². The summed E-state index contributed by atoms with van der Waals surface area (Å²) in [6, 6.07) is 33.8. The number of halogens is 2. The number of anilines is 1. The molecule has 2 unspecified atom stereocenters. The van der Waals surface area contributed by atoms with Crippen LogP contribution in [0.2, 0.25) is 5.02 Å². The van der Waals surface area contributed by atoms with Crippen LogP contribution in [0.4, 0.5) is 5.69 Å². The van der Waals surface area contributed by atoms with Crippen molar-refractivity contribution in [2.45, 2.75) is 55.6 Å². The summed E-state index contributed by atoms with van der Waals surface area (Å²) in [6.07, 6.45) is 7.52. The zero-order valence-corrected chi connectivity index (χ0v) is 28.6. The lowest BCUT2D eigenvalue weighted by Crippen LogP contribution is -2.56. The number of ketones is 1. The number of Topliss-reactive ketones (excluding diaryl/α,β-unsaturated/α-hetero) is 1. The van der Waals surface area contributed by atoms with Crippen LogP contribution < -0.4 is 5.32 Å². The van der Waals surface area contributed by atoms with Crippen molar-refractivity contribution < 1.29 is 9.59 Å². The largest absolute Gasteiger partial charge is 0.324 e. The third-order valence-electron chi connectivity index (χ3n) is 11.3. The van der Waals surface area contributed by atoms with E-state index in [9.17, 15) is 4.79 Å². The lowest BCUT2D eigenvalue weighted by atomic mass is 9.67. The molecule has 1 spiro atoms. The number of rotatable bonds is 5. The van der Waals surface area contributed by atoms with E-state index in [0.717, 1.165) is 58.2 Å². The molecule has 0 radical (unpaired) electrons. The average molecular weight is 718 g/mol. The fraction of sp³-hybridized carbons (Fsp3) is 0.275. The van der Waals surface area contributed by atoms with Gasteiger partial charge in [0.2, 0.25) is 5.91 Å². The molecule has 5 aromatic rings. The van der Waals surface area contributed by atoms with E-state index in [2.05, 4.69) is 44.5 Å². The standard InChI is InChI=1S/C40H34BrClN4O2/c41-27-17-15-25(16-18-27)38(47)36-35(30-23-45(29-12-5-2-6-13-29)44-37(30)24-9-3-1-4-10-24)34-21-26-11-7-8-14-33(26)46(34)40(36)31-20-19-28(42)22-32(31)43-39(40)48/h1-6,9-10,12-13,15-20,22-23,26,33-36H,7-8,11,14,21H2,(H,43,48)/t26?,33?,34-,35+,36+,40-/m0/s1. The molecule has 1 saturated carbocycles. The smallest absolute Gasteiger partial charge is 0.250 e. The molecular formula is C40H34BrClN4O2. The number of hydrogen-bond acceptors (Lipinski definition) is 4. The van der Waals surface area contributed by atoms with Gasteiger partial charge in [0.25, 0.3) is 0 Å². The normalized spacial score (nSPS) is 27.5. The summed E-state index contributed by atoms with van der Waals surface area (Å²) in [7, 11) is 0. The Kier molecular flexibility index (Phi) is 7.22. The van der Waals surface area contributed by atoms with Gasteiger partial charge >= 0.3 is 0 Å². The van der Waals surface area contributed by atoms with Gasteiger partial charge in [-0.3, -0.25) is 14.5 Å². The summed E-state index contributed by atoms with van der Waals surface area (Å²) in [5.41, 5.74) is 4.73. The molecule has 1 aromatic heterocycles. The summed E-state index contributed by atoms with van der Waals surface area (Å²) >= 11 is 10.1. The molecule has 1 N–H and O–H groups in total. The Morgan fingerprint density at radius 1 is 0.896 bits per heavy atom. The molecule has 1 aliphatic carbocycles. The van der Waals surface area contributed by atoms with Crippen LogP contribution in [0.25, 0.3) is 16.9 Å². The first-order chi connectivity index (χ1) is 23.4. The van der Waals surface area contributed by atoms with Crippen molar-refractivity contribution in [3.05, 3.63) is 136 Å². The number of nitrogens with zero attached hydrogens (tertiary/aromatic N) is 3. The SMILES string of the molecule is O=C(c1ccc(Br)cc1)[C@H]1[C@H](c2cn(-c3ccccc3)nc2-c2ccccc2)[C@@H]2CC3CCCCC3N2[C@]12C(=O)Nc1cc(Cl)ccc12. The van der Waals surface area contributed by atoms with Gasteiger partial charge in [-0.15, -0.1) is 0 Å². The Balaban J connectivity index is 1.34. The van der Waals surface area contributed by atoms with Gasteiger partial charge in [0.05, 0.1) is 17.3 Å². The Morgan fingerprint density at radius 2 is 1.62 bits per heavy atom. The number of para-hydroxylation sites is 1. The minimum absolute atomic E-state index is 0.0290. The van der Waals surface area contributed by atoms with Crippen LogP contribution in [0, 0.1) is 11.8 Å². The molecule has 9 rings (SSSR count). The zero-order valence-electron chi connectivity index (χ0n) is 26.2. The molecule has 2 saturated heterocycles. The van der Waals surface area contributed by atoms with E-state index in [1.807, 2.05) is 95.7 Å². The van der Waals surface area contributed by atoms with Crippen molar-refractivity contribution in [2.24, 2.45) is 11.8 Å². The highest BCUT2D eigenvalue weighted by atomic mass is 79.9. The van der Waals surface area contributed by atoms with Gasteiger partial charge in [-0.1, -0.05) is 107 Å². The second kappa shape index (κ2) is 11.5. The van der Waals surface area contributed by atoms with Gasteiger partial charge in [-0.2, -0.15) is 5.10 Å². The van der Waals surface area contributed by atoms with Crippen molar-refractivity contribution >= 4 is 44.9 Å². The Morgan fingerprint density at radius 3 is 2.40 bits per heavy atom. The van der Waals surface area contributed by atoms with E-state index >= 15 is 4.79 Å². The molecule has 3 aliphatic heterocycles. The minimum Gasteiger partial charge on any atom is -0.324 e. The monoisotopic (exact) mass is 716 g/mol. The van der Waals surface area contributed by atoms with Gasteiger partial charge in [0.1, 0.15) is 5.54 Å². The van der Waals surface area contributed by atoms with Crippen LogP contribution in [0.3, 0.4) is 0 Å². The highest BCUT2D eigenvalue weighted by Crippen LogP contribution is 2.65. The predicted molar refractivity (Wildman–Crippen MR) is 191 cm³/mol. The minimum atomic E-state index is -1.20. The summed E-state index contributed by atoms with van der Waals surface area (Å²) in [6.45, 7) is 0. The number of fused-ring (bicyclic) bond motifs is 6. The van der Waals surface area contributed by atoms with E-state index in [1.165, 1.54) is 6.42 Å². The fourth-order valence-corrected chi connectivity index (χ4v) is 9.98. The Labute approximate surface area is 293 Å². The second-order valence-corrected chi connectivity index (χ2v) is 15.0. The van der Waals surface area contributed by atoms with Crippen LogP contribution in [-0.2, 0) is 10.3 Å². The highest BCUT2D eigenvalue weighted by Gasteiger charge is 2.72. The third kappa shape index (κ3) is 4.44. The lowest BCUT2D eigenvalue weighted by Gasteiger charge is -2.43. The Hall–Kier alpha value is -4.04. The summed E-state index contributed by atoms with van der Waals surface area (Å²) < 4.78 is 2.84. The molecule has 6 nitrogen and oxygen atoms in total. The van der Waals surface area contributed by atoms with E-state index in [1.54, 1.807) is 0 Å². The van der Waals surface area contributed by atoms with Gasteiger partial charge in [-0.05, 0) is 61.6 Å². The number of nitrogens with one attached hydrogen (secondary N) is 1. The van der Waals surface area contributed by atoms with Crippen molar-refractivity contribution in [3.63, 3.8) is 0 Å². The number of aromatic nitrogens is 2. The van der Waals surface area contributed by atoms with Gasteiger partial charge < -0.3 is 5.32 Å². The number of carbonyl (C=O) groups is 2. The molecule has 240 valence electrons. The van der Waals surface area contributed by atoms with Gasteiger partial charge in [0, 0.05) is 61.6 Å². The summed E-state index contributed by atoms with van der Waals surface area (Å²) in [5, 5.41) is 9.02. The molecule has 3 fully saturated rings. The van der Waals surface area contributed by atoms with E-state index in [-0.39, 0.29) is 29.7 Å². The molecule has 8 heteroatoms. The molecule has 4 heterocycles. The average Bonchev–Trinajstić information content (AvgIpc) is 3.85. The number of benzene rings is 4. The van der Waals surface area contributed by atoms with Crippen molar-refractivity contribution in [3.8, 4) is 16.9 Å². The predicted octanol–water partition coefficient (Wildman–Crippen LogP) is 9.03. The molecule has 6 atom stereocenters. The maximum atomic E-state index is 15.4. The quantitative estimate of drug-likeness (QED) is 0.184. The van der Waals surface area contributed by atoms with Crippen molar-refractivity contribution in [2.75, 3.05) is 5.32 Å². The van der Waals surface area contributed by atoms with E-state index < -0.39 is 11.5 Å². The molecule has 4 aromatic carbocycles. The summed E-state index contributed by atoms with van der Waals surface area (Å²) in [5.74, 6) is -0.707. The number of hydrogen-bond donors (Lipinski definition) is 1. The first-order valence-corrected chi connectivity index (χ1v) is 18.0. The topological polar surface area (TPSA) is 67.2 Å². The maximum Gasteiger partial charge on any atom is 0.250 e. The first-order valence-electron chi connectivity index (χ1n) is 16.9. The molecular weight excluding hydrogens is 684 g/mol. The maximum absolute atomic E-state index is 15.4. The Bertz CT molecular complexity index is 2050. The van der Waals surface area contributed by atoms with Crippen LogP contribution in [0.1, 0.15) is 59.5 Å². The van der Waals surface area contributed by atoms with Crippen molar-refractivity contribution in [1.29, 1.82) is 0 Å². The second-order valence-electron chi connectivity index (χ2n) is 13.7. The third-order valence-corrected chi connectivity index (χ3v) is 12.1. The molecule has 48 heavy (non-hydrogen) atoms. The number of carbonyl (C=O) groups excluding carboxylic acids is 2.